The average Bonchev–Trinajstić information content (AvgIpc) is 2.66. The summed E-state index contributed by atoms with van der Waals surface area (Å²) >= 11 is 0. The highest BCUT2D eigenvalue weighted by Crippen LogP contribution is 2.18. The number of hydrogen-bond acceptors (Lipinski definition) is 6. The summed E-state index contributed by atoms with van der Waals surface area (Å²) in [4.78, 5) is 40.4. The smallest absolute Gasteiger partial charge is 0.344 e. The van der Waals surface area contributed by atoms with E-state index in [-0.39, 0.29) is 23.1 Å². The zero-order valence-corrected chi connectivity index (χ0v) is 16.4. The molecule has 1 aromatic carbocycles. The Morgan fingerprint density at radius 2 is 1.75 bits per heavy atom. The fourth-order valence-electron chi connectivity index (χ4n) is 2.15. The summed E-state index contributed by atoms with van der Waals surface area (Å²) in [6.45, 7) is 7.16. The van der Waals surface area contributed by atoms with Crippen LogP contribution in [0.4, 0.5) is 5.69 Å². The van der Waals surface area contributed by atoms with Crippen molar-refractivity contribution in [3.8, 4) is 5.88 Å². The standard InChI is InChI=1S/C21H24N2O5/c1-5-27-18-16(7-6-12-22-18)19(25)28-13-17(24)14-8-10-15(11-9-14)23-20(26)21(2,3)4/h6-12H,5,13H2,1-4H3,(H,23,26). The fraction of sp³-hybridized carbons (Fsp3) is 0.333. The summed E-state index contributed by atoms with van der Waals surface area (Å²) in [5.41, 5.74) is 0.607. The molecule has 0 spiro atoms. The third-order valence-corrected chi connectivity index (χ3v) is 3.75. The Balaban J connectivity index is 1.96. The van der Waals surface area contributed by atoms with Crippen LogP contribution in [0.2, 0.25) is 0 Å². The Labute approximate surface area is 164 Å². The van der Waals surface area contributed by atoms with Crippen molar-refractivity contribution in [3.05, 3.63) is 53.7 Å². The predicted octanol–water partition coefficient (Wildman–Crippen LogP) is 3.50. The first-order valence-electron chi connectivity index (χ1n) is 8.92. The summed E-state index contributed by atoms with van der Waals surface area (Å²) in [5, 5.41) is 2.78. The van der Waals surface area contributed by atoms with Crippen molar-refractivity contribution in [2.24, 2.45) is 5.41 Å². The third kappa shape index (κ3) is 5.64. The molecule has 7 heteroatoms. The van der Waals surface area contributed by atoms with Crippen LogP contribution in [-0.2, 0) is 9.53 Å². The molecule has 0 aliphatic carbocycles. The number of ketones is 1. The van der Waals surface area contributed by atoms with Gasteiger partial charge in [0.2, 0.25) is 11.8 Å². The number of carbonyl (C=O) groups is 3. The number of benzene rings is 1. The van der Waals surface area contributed by atoms with E-state index in [9.17, 15) is 14.4 Å². The normalized spacial score (nSPS) is 10.9. The molecule has 148 valence electrons. The summed E-state index contributed by atoms with van der Waals surface area (Å²) in [5.74, 6) is -0.994. The van der Waals surface area contributed by atoms with Crippen molar-refractivity contribution in [2.45, 2.75) is 27.7 Å². The molecule has 1 heterocycles. The number of pyridine rings is 1. The second kappa shape index (κ2) is 9.12. The molecule has 0 fully saturated rings. The Morgan fingerprint density at radius 3 is 2.36 bits per heavy atom. The van der Waals surface area contributed by atoms with E-state index in [1.165, 1.54) is 12.3 Å². The number of hydrogen-bond donors (Lipinski definition) is 1. The molecule has 28 heavy (non-hydrogen) atoms. The fourth-order valence-corrected chi connectivity index (χ4v) is 2.15. The highest BCUT2D eigenvalue weighted by molar-refractivity contribution is 6.00. The van der Waals surface area contributed by atoms with Crippen LogP contribution in [-0.4, -0.2) is 35.9 Å². The van der Waals surface area contributed by atoms with Gasteiger partial charge in [-0.2, -0.15) is 0 Å². The topological polar surface area (TPSA) is 94.6 Å². The number of aromatic nitrogens is 1. The molecule has 0 radical (unpaired) electrons. The lowest BCUT2D eigenvalue weighted by Crippen LogP contribution is -2.27. The largest absolute Gasteiger partial charge is 0.477 e. The van der Waals surface area contributed by atoms with Gasteiger partial charge in [-0.1, -0.05) is 20.8 Å². The van der Waals surface area contributed by atoms with Crippen LogP contribution >= 0.6 is 0 Å². The Hall–Kier alpha value is -3.22. The number of nitrogens with zero attached hydrogens (tertiary/aromatic N) is 1. The summed E-state index contributed by atoms with van der Waals surface area (Å²) in [6.07, 6.45) is 1.51. The Morgan fingerprint density at radius 1 is 1.07 bits per heavy atom. The number of amides is 1. The second-order valence-corrected chi connectivity index (χ2v) is 7.07. The van der Waals surface area contributed by atoms with E-state index in [0.717, 1.165) is 0 Å². The van der Waals surface area contributed by atoms with Crippen molar-refractivity contribution in [3.63, 3.8) is 0 Å². The van der Waals surface area contributed by atoms with Gasteiger partial charge in [0, 0.05) is 22.9 Å². The number of nitrogens with one attached hydrogen (secondary N) is 1. The first-order chi connectivity index (χ1) is 13.2. The predicted molar refractivity (Wildman–Crippen MR) is 105 cm³/mol. The molecule has 0 bridgehead atoms. The lowest BCUT2D eigenvalue weighted by molar-refractivity contribution is -0.123. The van der Waals surface area contributed by atoms with Gasteiger partial charge in [0.05, 0.1) is 6.61 Å². The SMILES string of the molecule is CCOc1ncccc1C(=O)OCC(=O)c1ccc(NC(=O)C(C)(C)C)cc1. The van der Waals surface area contributed by atoms with E-state index in [1.807, 2.05) is 20.8 Å². The molecular weight excluding hydrogens is 360 g/mol. The highest BCUT2D eigenvalue weighted by Gasteiger charge is 2.21. The van der Waals surface area contributed by atoms with Crippen molar-refractivity contribution in [1.82, 2.24) is 4.98 Å². The monoisotopic (exact) mass is 384 g/mol. The van der Waals surface area contributed by atoms with Crippen LogP contribution in [0, 0.1) is 5.41 Å². The number of carbonyl (C=O) groups excluding carboxylic acids is 3. The quantitative estimate of drug-likeness (QED) is 0.580. The molecule has 0 unspecified atom stereocenters. The van der Waals surface area contributed by atoms with E-state index in [0.29, 0.717) is 17.9 Å². The van der Waals surface area contributed by atoms with Crippen LogP contribution in [0.25, 0.3) is 0 Å². The Kier molecular flexibility index (Phi) is 6.87. The summed E-state index contributed by atoms with van der Waals surface area (Å²) in [6, 6.07) is 9.53. The van der Waals surface area contributed by atoms with Crippen LogP contribution in [0.15, 0.2) is 42.6 Å². The van der Waals surface area contributed by atoms with Crippen LogP contribution < -0.4 is 10.1 Å². The molecule has 0 atom stereocenters. The van der Waals surface area contributed by atoms with Gasteiger partial charge in [-0.05, 0) is 43.3 Å². The minimum Gasteiger partial charge on any atom is -0.477 e. The van der Waals surface area contributed by atoms with Crippen LogP contribution in [0.5, 0.6) is 5.88 Å². The molecule has 2 aromatic rings. The van der Waals surface area contributed by atoms with Gasteiger partial charge in [-0.3, -0.25) is 9.59 Å². The molecule has 1 aromatic heterocycles. The van der Waals surface area contributed by atoms with Gasteiger partial charge in [0.1, 0.15) is 5.56 Å². The van der Waals surface area contributed by atoms with Crippen molar-refractivity contribution in [2.75, 3.05) is 18.5 Å². The van der Waals surface area contributed by atoms with E-state index < -0.39 is 18.0 Å². The van der Waals surface area contributed by atoms with Crippen molar-refractivity contribution >= 4 is 23.3 Å². The molecule has 1 N–H and O–H groups in total. The number of rotatable bonds is 7. The van der Waals surface area contributed by atoms with E-state index in [4.69, 9.17) is 9.47 Å². The van der Waals surface area contributed by atoms with Gasteiger partial charge >= 0.3 is 5.97 Å². The van der Waals surface area contributed by atoms with Gasteiger partial charge < -0.3 is 14.8 Å². The molecule has 0 saturated heterocycles. The number of ether oxygens (including phenoxy) is 2. The molecule has 0 aliphatic rings. The Bertz CT molecular complexity index is 854. The van der Waals surface area contributed by atoms with E-state index in [1.54, 1.807) is 37.3 Å². The van der Waals surface area contributed by atoms with Gasteiger partial charge in [-0.25, -0.2) is 9.78 Å². The number of esters is 1. The summed E-state index contributed by atoms with van der Waals surface area (Å²) in [7, 11) is 0. The van der Waals surface area contributed by atoms with Crippen LogP contribution in [0.3, 0.4) is 0 Å². The molecule has 0 saturated carbocycles. The average molecular weight is 384 g/mol. The van der Waals surface area contributed by atoms with Crippen molar-refractivity contribution in [1.29, 1.82) is 0 Å². The lowest BCUT2D eigenvalue weighted by atomic mass is 9.95. The molecule has 0 aliphatic heterocycles. The van der Waals surface area contributed by atoms with E-state index >= 15 is 0 Å². The molecular formula is C21H24N2O5. The molecule has 2 rings (SSSR count). The van der Waals surface area contributed by atoms with Gasteiger partial charge in [0.25, 0.3) is 0 Å². The van der Waals surface area contributed by atoms with Crippen LogP contribution in [0.1, 0.15) is 48.4 Å². The number of Topliss-reactive ketones (excluding diaryl/α,β-unsaturated/α-hetero) is 1. The maximum Gasteiger partial charge on any atom is 0.344 e. The zero-order valence-electron chi connectivity index (χ0n) is 16.4. The minimum atomic E-state index is -0.682. The minimum absolute atomic E-state index is 0.123. The van der Waals surface area contributed by atoms with Gasteiger partial charge in [-0.15, -0.1) is 0 Å². The summed E-state index contributed by atoms with van der Waals surface area (Å²) < 4.78 is 10.4. The maximum absolute atomic E-state index is 12.3. The third-order valence-electron chi connectivity index (χ3n) is 3.75. The first kappa shape index (κ1) is 21.1. The second-order valence-electron chi connectivity index (χ2n) is 7.07. The van der Waals surface area contributed by atoms with Crippen molar-refractivity contribution < 1.29 is 23.9 Å². The van der Waals surface area contributed by atoms with Gasteiger partial charge in [0.15, 0.2) is 12.4 Å². The zero-order chi connectivity index (χ0) is 20.7. The van der Waals surface area contributed by atoms with E-state index in [2.05, 4.69) is 10.3 Å². The lowest BCUT2D eigenvalue weighted by Gasteiger charge is -2.17. The molecule has 1 amide bonds. The number of anilines is 1. The molecule has 7 nitrogen and oxygen atoms in total. The highest BCUT2D eigenvalue weighted by atomic mass is 16.5. The maximum atomic E-state index is 12.3. The first-order valence-corrected chi connectivity index (χ1v) is 8.92.